The lowest BCUT2D eigenvalue weighted by atomic mass is 9.88. The molecular weight excluding hydrogens is 418 g/mol. The van der Waals surface area contributed by atoms with Crippen LogP contribution in [0.4, 0.5) is 0 Å². The summed E-state index contributed by atoms with van der Waals surface area (Å²) in [5.74, 6) is 0. The molecule has 8 aromatic rings. The van der Waals surface area contributed by atoms with Gasteiger partial charge in [-0.15, -0.1) is 11.3 Å². The summed E-state index contributed by atoms with van der Waals surface area (Å²) in [5, 5.41) is 14.2. The van der Waals surface area contributed by atoms with Crippen LogP contribution in [0.3, 0.4) is 0 Å². The predicted octanol–water partition coefficient (Wildman–Crippen LogP) is 9.22. The Balaban J connectivity index is 1.79. The first-order valence-corrected chi connectivity index (χ1v) is 12.0. The number of pyridine rings is 1. The van der Waals surface area contributed by atoms with Crippen LogP contribution < -0.4 is 0 Å². The number of rotatable bonds is 0. The van der Waals surface area contributed by atoms with Gasteiger partial charge in [-0.1, -0.05) is 72.8 Å². The highest BCUT2D eigenvalue weighted by atomic mass is 32.1. The van der Waals surface area contributed by atoms with E-state index >= 15 is 0 Å². The Morgan fingerprint density at radius 3 is 1.85 bits per heavy atom. The summed E-state index contributed by atoms with van der Waals surface area (Å²) in [6.45, 7) is 0. The number of hydrogen-bond donors (Lipinski definition) is 0. The van der Waals surface area contributed by atoms with E-state index in [0.29, 0.717) is 0 Å². The number of thiophene rings is 1. The lowest BCUT2D eigenvalue weighted by molar-refractivity contribution is 1.43. The zero-order valence-corrected chi connectivity index (χ0v) is 18.5. The van der Waals surface area contributed by atoms with Crippen LogP contribution >= 0.6 is 11.3 Å². The molecule has 1 nitrogen and oxygen atoms in total. The van der Waals surface area contributed by atoms with Gasteiger partial charge in [0, 0.05) is 42.5 Å². The lowest BCUT2D eigenvalue weighted by Gasteiger charge is -2.15. The maximum absolute atomic E-state index is 4.94. The molecule has 0 fully saturated rings. The van der Waals surface area contributed by atoms with E-state index in [2.05, 4.69) is 97.1 Å². The zero-order valence-electron chi connectivity index (χ0n) is 17.7. The molecule has 0 spiro atoms. The summed E-state index contributed by atoms with van der Waals surface area (Å²) >= 11 is 1.88. The number of benzene rings is 6. The maximum Gasteiger partial charge on any atom is 0.0793 e. The molecule has 0 unspecified atom stereocenters. The summed E-state index contributed by atoms with van der Waals surface area (Å²) in [7, 11) is 0. The predicted molar refractivity (Wildman–Crippen MR) is 145 cm³/mol. The Labute approximate surface area is 193 Å². The van der Waals surface area contributed by atoms with E-state index in [4.69, 9.17) is 4.98 Å². The Morgan fingerprint density at radius 2 is 1.06 bits per heavy atom. The van der Waals surface area contributed by atoms with Crippen LogP contribution in [0.25, 0.3) is 74.2 Å². The van der Waals surface area contributed by atoms with Gasteiger partial charge in [0.15, 0.2) is 0 Å². The largest absolute Gasteiger partial charge is 0.256 e. The third-order valence-corrected chi connectivity index (χ3v) is 8.19. The van der Waals surface area contributed by atoms with E-state index in [1.165, 1.54) is 68.6 Å². The highest BCUT2D eigenvalue weighted by Gasteiger charge is 2.17. The fourth-order valence-electron chi connectivity index (χ4n) is 5.69. The van der Waals surface area contributed by atoms with Crippen LogP contribution in [0.15, 0.2) is 103 Å². The Hall–Kier alpha value is -4.01. The summed E-state index contributed by atoms with van der Waals surface area (Å²) in [4.78, 5) is 4.94. The van der Waals surface area contributed by atoms with Crippen molar-refractivity contribution in [1.29, 1.82) is 0 Å². The average Bonchev–Trinajstić information content (AvgIpc) is 3.25. The fraction of sp³-hybridized carbons (Fsp3) is 0. The molecule has 152 valence electrons. The molecule has 2 aromatic heterocycles. The standard InChI is InChI=1S/C31H17NS/c1-3-11-21-18(8-1)19-9-2-4-12-22(19)30-29(21)26-16-25-20-10-5-6-14-27(20)33-28(25)17-24(26)23-13-7-15-32-31(23)30/h1-17H. The van der Waals surface area contributed by atoms with E-state index in [0.717, 1.165) is 5.52 Å². The van der Waals surface area contributed by atoms with Crippen molar-refractivity contribution in [2.75, 3.05) is 0 Å². The van der Waals surface area contributed by atoms with Crippen LogP contribution in [-0.4, -0.2) is 4.98 Å². The second-order valence-corrected chi connectivity index (χ2v) is 9.82. The summed E-state index contributed by atoms with van der Waals surface area (Å²) in [5.41, 5.74) is 1.09. The summed E-state index contributed by atoms with van der Waals surface area (Å²) in [6, 6.07) is 35.5. The van der Waals surface area contributed by atoms with Gasteiger partial charge in [-0.05, 0) is 56.6 Å². The van der Waals surface area contributed by atoms with Crippen LogP contribution in [-0.2, 0) is 0 Å². The first kappa shape index (κ1) is 17.5. The van der Waals surface area contributed by atoms with E-state index in [1.807, 2.05) is 17.5 Å². The van der Waals surface area contributed by atoms with Gasteiger partial charge in [0.2, 0.25) is 0 Å². The monoisotopic (exact) mass is 435 g/mol. The van der Waals surface area contributed by atoms with Crippen molar-refractivity contribution in [2.45, 2.75) is 0 Å². The van der Waals surface area contributed by atoms with E-state index in [1.54, 1.807) is 0 Å². The minimum Gasteiger partial charge on any atom is -0.256 e. The Morgan fingerprint density at radius 1 is 0.424 bits per heavy atom. The van der Waals surface area contributed by atoms with Crippen molar-refractivity contribution >= 4 is 85.5 Å². The molecule has 2 heterocycles. The highest BCUT2D eigenvalue weighted by Crippen LogP contribution is 2.45. The molecular formula is C31H17NS. The van der Waals surface area contributed by atoms with Gasteiger partial charge < -0.3 is 0 Å². The van der Waals surface area contributed by atoms with Gasteiger partial charge in [0.25, 0.3) is 0 Å². The smallest absolute Gasteiger partial charge is 0.0793 e. The minimum atomic E-state index is 1.09. The molecule has 0 aliphatic heterocycles. The van der Waals surface area contributed by atoms with Gasteiger partial charge in [0.05, 0.1) is 5.52 Å². The van der Waals surface area contributed by atoms with Crippen molar-refractivity contribution in [3.05, 3.63) is 103 Å². The molecule has 0 N–H and O–H groups in total. The molecule has 8 rings (SSSR count). The normalized spacial score (nSPS) is 12.2. The quantitative estimate of drug-likeness (QED) is 0.216. The number of fused-ring (bicyclic) bond motifs is 14. The van der Waals surface area contributed by atoms with E-state index < -0.39 is 0 Å². The molecule has 0 saturated heterocycles. The van der Waals surface area contributed by atoms with Crippen molar-refractivity contribution < 1.29 is 0 Å². The Kier molecular flexibility index (Phi) is 3.34. The molecule has 0 bridgehead atoms. The van der Waals surface area contributed by atoms with Crippen molar-refractivity contribution in [2.24, 2.45) is 0 Å². The first-order valence-electron chi connectivity index (χ1n) is 11.2. The molecule has 0 aliphatic rings. The third kappa shape index (κ3) is 2.23. The van der Waals surface area contributed by atoms with E-state index in [9.17, 15) is 0 Å². The van der Waals surface area contributed by atoms with Crippen LogP contribution in [0.1, 0.15) is 0 Å². The highest BCUT2D eigenvalue weighted by molar-refractivity contribution is 7.25. The molecule has 0 amide bonds. The SMILES string of the molecule is c1ccc2c(c1)sc1cc3c4cccnc4c4c5ccccc5c5ccccc5c4c3cc12. The van der Waals surface area contributed by atoms with Crippen molar-refractivity contribution in [3.8, 4) is 0 Å². The number of nitrogens with zero attached hydrogens (tertiary/aromatic N) is 1. The Bertz CT molecular complexity index is 2080. The van der Waals surface area contributed by atoms with E-state index in [-0.39, 0.29) is 0 Å². The van der Waals surface area contributed by atoms with Gasteiger partial charge in [-0.3, -0.25) is 4.98 Å². The molecule has 0 atom stereocenters. The van der Waals surface area contributed by atoms with Gasteiger partial charge >= 0.3 is 0 Å². The fourth-order valence-corrected chi connectivity index (χ4v) is 6.82. The maximum atomic E-state index is 4.94. The van der Waals surface area contributed by atoms with Gasteiger partial charge in [-0.25, -0.2) is 0 Å². The van der Waals surface area contributed by atoms with Crippen LogP contribution in [0.2, 0.25) is 0 Å². The minimum absolute atomic E-state index is 1.09. The molecule has 0 aliphatic carbocycles. The molecule has 2 heteroatoms. The lowest BCUT2D eigenvalue weighted by Crippen LogP contribution is -1.89. The summed E-state index contributed by atoms with van der Waals surface area (Å²) < 4.78 is 2.67. The molecule has 0 radical (unpaired) electrons. The van der Waals surface area contributed by atoms with Crippen LogP contribution in [0, 0.1) is 0 Å². The topological polar surface area (TPSA) is 12.9 Å². The second kappa shape index (κ2) is 6.28. The van der Waals surface area contributed by atoms with Gasteiger partial charge in [-0.2, -0.15) is 0 Å². The van der Waals surface area contributed by atoms with Crippen molar-refractivity contribution in [1.82, 2.24) is 4.98 Å². The first-order chi connectivity index (χ1) is 16.4. The van der Waals surface area contributed by atoms with Crippen LogP contribution in [0.5, 0.6) is 0 Å². The van der Waals surface area contributed by atoms with Gasteiger partial charge in [0.1, 0.15) is 0 Å². The van der Waals surface area contributed by atoms with Crippen molar-refractivity contribution in [3.63, 3.8) is 0 Å². The zero-order chi connectivity index (χ0) is 21.5. The second-order valence-electron chi connectivity index (χ2n) is 8.73. The average molecular weight is 436 g/mol. The molecule has 6 aromatic carbocycles. The summed E-state index contributed by atoms with van der Waals surface area (Å²) in [6.07, 6.45) is 1.93. The number of aromatic nitrogens is 1. The third-order valence-electron chi connectivity index (χ3n) is 7.05. The molecule has 33 heavy (non-hydrogen) atoms. The molecule has 0 saturated carbocycles. The number of hydrogen-bond acceptors (Lipinski definition) is 2.